The molecule has 0 aliphatic rings. The fourth-order valence-corrected chi connectivity index (χ4v) is 2.67. The molecule has 1 aromatic heterocycles. The minimum atomic E-state index is -0.156. The molecule has 0 spiro atoms. The number of benzene rings is 2. The second-order valence-corrected chi connectivity index (χ2v) is 6.09. The first-order valence-corrected chi connectivity index (χ1v) is 8.38. The first kappa shape index (κ1) is 17.4. The lowest BCUT2D eigenvalue weighted by Gasteiger charge is -2.14. The van der Waals surface area contributed by atoms with Gasteiger partial charge in [-0.25, -0.2) is 4.98 Å². The Bertz CT molecular complexity index is 938. The summed E-state index contributed by atoms with van der Waals surface area (Å²) in [6, 6.07) is 18.7. The fourth-order valence-electron chi connectivity index (χ4n) is 2.67. The molecule has 0 aliphatic heterocycles. The van der Waals surface area contributed by atoms with Crippen molar-refractivity contribution in [1.82, 2.24) is 10.3 Å². The Morgan fingerprint density at radius 1 is 1.19 bits per heavy atom. The van der Waals surface area contributed by atoms with Gasteiger partial charge in [0.25, 0.3) is 0 Å². The van der Waals surface area contributed by atoms with Gasteiger partial charge in [0.05, 0.1) is 29.8 Å². The number of carbonyl (C=O) groups is 1. The molecule has 26 heavy (non-hydrogen) atoms. The van der Waals surface area contributed by atoms with E-state index in [2.05, 4.69) is 16.4 Å². The molecule has 1 amide bonds. The van der Waals surface area contributed by atoms with Gasteiger partial charge in [-0.3, -0.25) is 4.79 Å². The number of hydrogen-bond acceptors (Lipinski definition) is 4. The van der Waals surface area contributed by atoms with Gasteiger partial charge in [-0.05, 0) is 43.7 Å². The van der Waals surface area contributed by atoms with Crippen LogP contribution in [0.5, 0.6) is 0 Å². The van der Waals surface area contributed by atoms with E-state index in [4.69, 9.17) is 9.68 Å². The highest BCUT2D eigenvalue weighted by Gasteiger charge is 2.16. The summed E-state index contributed by atoms with van der Waals surface area (Å²) in [7, 11) is 0. The van der Waals surface area contributed by atoms with Gasteiger partial charge >= 0.3 is 0 Å². The molecule has 130 valence electrons. The van der Waals surface area contributed by atoms with Gasteiger partial charge < -0.3 is 9.73 Å². The summed E-state index contributed by atoms with van der Waals surface area (Å²) in [6.45, 7) is 3.72. The van der Waals surface area contributed by atoms with Crippen molar-refractivity contribution in [2.45, 2.75) is 26.3 Å². The number of nitrogens with zero attached hydrogens (tertiary/aromatic N) is 2. The molecule has 0 saturated heterocycles. The molecule has 0 radical (unpaired) electrons. The molecular weight excluding hydrogens is 326 g/mol. The quantitative estimate of drug-likeness (QED) is 0.759. The van der Waals surface area contributed by atoms with Gasteiger partial charge in [0.2, 0.25) is 11.8 Å². The molecule has 2 aromatic carbocycles. The third-order valence-electron chi connectivity index (χ3n) is 4.16. The van der Waals surface area contributed by atoms with Crippen LogP contribution in [0.25, 0.3) is 11.5 Å². The Morgan fingerprint density at radius 3 is 2.54 bits per heavy atom. The summed E-state index contributed by atoms with van der Waals surface area (Å²) in [5.74, 6) is 1.04. The number of nitrogens with one attached hydrogen (secondary N) is 1. The van der Waals surface area contributed by atoms with Crippen molar-refractivity contribution in [3.8, 4) is 17.5 Å². The van der Waals surface area contributed by atoms with Crippen molar-refractivity contribution >= 4 is 5.91 Å². The van der Waals surface area contributed by atoms with Crippen molar-refractivity contribution in [3.05, 3.63) is 77.2 Å². The van der Waals surface area contributed by atoms with Gasteiger partial charge in [-0.15, -0.1) is 0 Å². The maximum Gasteiger partial charge on any atom is 0.226 e. The molecule has 5 heteroatoms. The average Bonchev–Trinajstić information content (AvgIpc) is 3.03. The normalized spacial score (nSPS) is 11.6. The lowest BCUT2D eigenvalue weighted by atomic mass is 10.1. The number of amides is 1. The van der Waals surface area contributed by atoms with Crippen LogP contribution in [0.1, 0.15) is 35.5 Å². The van der Waals surface area contributed by atoms with Crippen LogP contribution in [0.2, 0.25) is 0 Å². The maximum atomic E-state index is 12.4. The number of rotatable bonds is 5. The first-order chi connectivity index (χ1) is 12.6. The van der Waals surface area contributed by atoms with E-state index in [1.807, 2.05) is 56.3 Å². The van der Waals surface area contributed by atoms with E-state index >= 15 is 0 Å². The van der Waals surface area contributed by atoms with E-state index in [-0.39, 0.29) is 18.4 Å². The Hall–Kier alpha value is -3.39. The highest BCUT2D eigenvalue weighted by atomic mass is 16.4. The minimum Gasteiger partial charge on any atom is -0.441 e. The largest absolute Gasteiger partial charge is 0.441 e. The molecule has 0 aliphatic carbocycles. The van der Waals surface area contributed by atoms with Gasteiger partial charge in [0.15, 0.2) is 0 Å². The SMILES string of the molecule is Cc1oc(-c2ccccc2)nc1CC(=O)NC(C)c1ccc(C#N)cc1. The van der Waals surface area contributed by atoms with Gasteiger partial charge in [-0.2, -0.15) is 5.26 Å². The van der Waals surface area contributed by atoms with Gasteiger partial charge in [-0.1, -0.05) is 30.3 Å². The van der Waals surface area contributed by atoms with Crippen molar-refractivity contribution in [2.24, 2.45) is 0 Å². The zero-order valence-corrected chi connectivity index (χ0v) is 14.7. The predicted molar refractivity (Wildman–Crippen MR) is 98.1 cm³/mol. The summed E-state index contributed by atoms with van der Waals surface area (Å²) >= 11 is 0. The third-order valence-corrected chi connectivity index (χ3v) is 4.16. The van der Waals surface area contributed by atoms with Crippen LogP contribution < -0.4 is 5.32 Å². The number of hydrogen-bond donors (Lipinski definition) is 1. The number of nitriles is 1. The molecule has 1 heterocycles. The molecule has 1 atom stereocenters. The second kappa shape index (κ2) is 7.66. The molecule has 0 fully saturated rings. The van der Waals surface area contributed by atoms with Crippen LogP contribution in [0.3, 0.4) is 0 Å². The van der Waals surface area contributed by atoms with E-state index in [0.717, 1.165) is 11.1 Å². The van der Waals surface area contributed by atoms with E-state index in [9.17, 15) is 4.79 Å². The van der Waals surface area contributed by atoms with Gasteiger partial charge in [0, 0.05) is 5.56 Å². The number of aryl methyl sites for hydroxylation is 1. The summed E-state index contributed by atoms with van der Waals surface area (Å²) in [4.78, 5) is 16.8. The van der Waals surface area contributed by atoms with Crippen LogP contribution in [0.15, 0.2) is 59.0 Å². The molecule has 5 nitrogen and oxygen atoms in total. The highest BCUT2D eigenvalue weighted by molar-refractivity contribution is 5.79. The minimum absolute atomic E-state index is 0.127. The zero-order chi connectivity index (χ0) is 18.5. The lowest BCUT2D eigenvalue weighted by molar-refractivity contribution is -0.121. The summed E-state index contributed by atoms with van der Waals surface area (Å²) in [6.07, 6.45) is 0.156. The van der Waals surface area contributed by atoms with Crippen LogP contribution in [0, 0.1) is 18.3 Å². The number of carbonyl (C=O) groups excluding carboxylic acids is 1. The molecule has 1 N–H and O–H groups in total. The van der Waals surface area contributed by atoms with Crippen LogP contribution in [-0.2, 0) is 11.2 Å². The van der Waals surface area contributed by atoms with Gasteiger partial charge in [0.1, 0.15) is 5.76 Å². The average molecular weight is 345 g/mol. The second-order valence-electron chi connectivity index (χ2n) is 6.09. The fraction of sp³-hybridized carbons (Fsp3) is 0.190. The smallest absolute Gasteiger partial charge is 0.226 e. The Morgan fingerprint density at radius 2 is 1.88 bits per heavy atom. The van der Waals surface area contributed by atoms with Crippen molar-refractivity contribution in [2.75, 3.05) is 0 Å². The lowest BCUT2D eigenvalue weighted by Crippen LogP contribution is -2.28. The zero-order valence-electron chi connectivity index (χ0n) is 14.7. The summed E-state index contributed by atoms with van der Waals surface area (Å²) in [5.41, 5.74) is 3.06. The summed E-state index contributed by atoms with van der Waals surface area (Å²) < 4.78 is 5.69. The number of oxazole rings is 1. The van der Waals surface area contributed by atoms with E-state index in [1.54, 1.807) is 12.1 Å². The van der Waals surface area contributed by atoms with E-state index < -0.39 is 0 Å². The highest BCUT2D eigenvalue weighted by Crippen LogP contribution is 2.22. The van der Waals surface area contributed by atoms with Crippen LogP contribution in [0.4, 0.5) is 0 Å². The summed E-state index contributed by atoms with van der Waals surface area (Å²) in [5, 5.41) is 11.8. The van der Waals surface area contributed by atoms with Crippen LogP contribution >= 0.6 is 0 Å². The molecule has 3 rings (SSSR count). The Balaban J connectivity index is 1.66. The first-order valence-electron chi connectivity index (χ1n) is 8.38. The third kappa shape index (κ3) is 3.98. The molecule has 0 saturated carbocycles. The maximum absolute atomic E-state index is 12.4. The molecular formula is C21H19N3O2. The van der Waals surface area contributed by atoms with Crippen LogP contribution in [-0.4, -0.2) is 10.9 Å². The monoisotopic (exact) mass is 345 g/mol. The Kier molecular flexibility index (Phi) is 5.14. The topological polar surface area (TPSA) is 78.9 Å². The molecule has 3 aromatic rings. The van der Waals surface area contributed by atoms with E-state index in [1.165, 1.54) is 0 Å². The predicted octanol–water partition coefficient (Wildman–Crippen LogP) is 3.94. The number of aromatic nitrogens is 1. The Labute approximate surface area is 152 Å². The van der Waals surface area contributed by atoms with Crippen molar-refractivity contribution < 1.29 is 9.21 Å². The van der Waals surface area contributed by atoms with Crippen molar-refractivity contribution in [3.63, 3.8) is 0 Å². The molecule has 0 bridgehead atoms. The van der Waals surface area contributed by atoms with E-state index in [0.29, 0.717) is 22.9 Å². The molecule has 1 unspecified atom stereocenters. The standard InChI is InChI=1S/C21H19N3O2/c1-14(17-10-8-16(13-22)9-11-17)23-20(25)12-19-15(2)26-21(24-19)18-6-4-3-5-7-18/h3-11,14H,12H2,1-2H3,(H,23,25). The van der Waals surface area contributed by atoms with Crippen molar-refractivity contribution in [1.29, 1.82) is 5.26 Å².